The Morgan fingerprint density at radius 3 is 2.70 bits per heavy atom. The van der Waals surface area contributed by atoms with Crippen LogP contribution in [0.1, 0.15) is 58.3 Å². The molecular weight excluding hydrogens is 244 g/mol. The Morgan fingerprint density at radius 1 is 1.10 bits per heavy atom. The Morgan fingerprint density at radius 2 is 1.95 bits per heavy atom. The summed E-state index contributed by atoms with van der Waals surface area (Å²) in [7, 11) is 0. The van der Waals surface area contributed by atoms with Crippen molar-refractivity contribution in [3.8, 4) is 0 Å². The maximum absolute atomic E-state index is 3.85. The molecule has 1 saturated heterocycles. The molecule has 3 atom stereocenters. The summed E-state index contributed by atoms with van der Waals surface area (Å²) < 4.78 is 0. The van der Waals surface area contributed by atoms with Gasteiger partial charge in [0.25, 0.3) is 0 Å². The first kappa shape index (κ1) is 14.6. The smallest absolute Gasteiger partial charge is 0.0224 e. The summed E-state index contributed by atoms with van der Waals surface area (Å²) in [4.78, 5) is 2.79. The van der Waals surface area contributed by atoms with Crippen molar-refractivity contribution in [2.45, 2.75) is 70.4 Å². The van der Waals surface area contributed by atoms with Crippen LogP contribution in [-0.4, -0.2) is 36.6 Å². The van der Waals surface area contributed by atoms with Gasteiger partial charge in [0.15, 0.2) is 0 Å². The number of hydrogen-bond donors (Lipinski definition) is 1. The number of allylic oxidation sites excluding steroid dienone is 2. The Labute approximate surface area is 125 Å². The van der Waals surface area contributed by atoms with Crippen molar-refractivity contribution in [2.24, 2.45) is 11.8 Å². The molecule has 0 spiro atoms. The molecule has 2 fully saturated rings. The van der Waals surface area contributed by atoms with E-state index < -0.39 is 0 Å². The summed E-state index contributed by atoms with van der Waals surface area (Å²) in [6.45, 7) is 6.23. The molecule has 114 valence electrons. The van der Waals surface area contributed by atoms with E-state index in [0.29, 0.717) is 0 Å². The van der Waals surface area contributed by atoms with E-state index in [1.54, 1.807) is 0 Å². The molecule has 2 heteroatoms. The fourth-order valence-corrected chi connectivity index (χ4v) is 4.41. The molecule has 0 bridgehead atoms. The van der Waals surface area contributed by atoms with Gasteiger partial charge in [-0.3, -0.25) is 4.90 Å². The molecule has 2 aliphatic carbocycles. The lowest BCUT2D eigenvalue weighted by molar-refractivity contribution is 0.0874. The van der Waals surface area contributed by atoms with Crippen LogP contribution in [0.5, 0.6) is 0 Å². The van der Waals surface area contributed by atoms with E-state index in [1.165, 1.54) is 71.0 Å². The zero-order valence-corrected chi connectivity index (χ0v) is 13.2. The van der Waals surface area contributed by atoms with Gasteiger partial charge in [-0.15, -0.1) is 0 Å². The van der Waals surface area contributed by atoms with Crippen molar-refractivity contribution >= 4 is 0 Å². The highest BCUT2D eigenvalue weighted by Crippen LogP contribution is 2.29. The van der Waals surface area contributed by atoms with Crippen molar-refractivity contribution in [1.82, 2.24) is 10.2 Å². The van der Waals surface area contributed by atoms with Crippen LogP contribution in [0, 0.1) is 11.8 Å². The SMILES string of the molecule is CC1CNC(C2CCCCC2)CN1CC1CC=CCC1. The van der Waals surface area contributed by atoms with Gasteiger partial charge in [-0.1, -0.05) is 31.4 Å². The minimum absolute atomic E-state index is 0.723. The first-order chi connectivity index (χ1) is 9.83. The van der Waals surface area contributed by atoms with E-state index in [1.807, 2.05) is 0 Å². The molecule has 0 aromatic heterocycles. The van der Waals surface area contributed by atoms with Gasteiger partial charge in [-0.05, 0) is 50.9 Å². The van der Waals surface area contributed by atoms with Crippen LogP contribution in [0.2, 0.25) is 0 Å². The fourth-order valence-electron chi connectivity index (χ4n) is 4.41. The summed E-state index contributed by atoms with van der Waals surface area (Å²) in [6, 6.07) is 1.49. The summed E-state index contributed by atoms with van der Waals surface area (Å²) >= 11 is 0. The van der Waals surface area contributed by atoms with Crippen LogP contribution in [0.4, 0.5) is 0 Å². The second-order valence-corrected chi connectivity index (χ2v) is 7.37. The average Bonchev–Trinajstić information content (AvgIpc) is 2.51. The van der Waals surface area contributed by atoms with Crippen LogP contribution in [0.25, 0.3) is 0 Å². The number of piperazine rings is 1. The van der Waals surface area contributed by atoms with Gasteiger partial charge in [-0.2, -0.15) is 0 Å². The topological polar surface area (TPSA) is 15.3 Å². The Hall–Kier alpha value is -0.340. The van der Waals surface area contributed by atoms with E-state index in [9.17, 15) is 0 Å². The molecule has 1 N–H and O–H groups in total. The molecule has 2 nitrogen and oxygen atoms in total. The van der Waals surface area contributed by atoms with Crippen LogP contribution in [-0.2, 0) is 0 Å². The molecule has 0 amide bonds. The molecule has 20 heavy (non-hydrogen) atoms. The zero-order valence-electron chi connectivity index (χ0n) is 13.2. The van der Waals surface area contributed by atoms with E-state index >= 15 is 0 Å². The van der Waals surface area contributed by atoms with Crippen LogP contribution >= 0.6 is 0 Å². The summed E-state index contributed by atoms with van der Waals surface area (Å²) in [5.41, 5.74) is 0. The maximum Gasteiger partial charge on any atom is 0.0224 e. The van der Waals surface area contributed by atoms with Crippen molar-refractivity contribution < 1.29 is 0 Å². The number of nitrogens with zero attached hydrogens (tertiary/aromatic N) is 1. The largest absolute Gasteiger partial charge is 0.311 e. The van der Waals surface area contributed by atoms with Crippen LogP contribution in [0.3, 0.4) is 0 Å². The van der Waals surface area contributed by atoms with Gasteiger partial charge >= 0.3 is 0 Å². The summed E-state index contributed by atoms with van der Waals surface area (Å²) in [5.74, 6) is 1.86. The fraction of sp³-hybridized carbons (Fsp3) is 0.889. The van der Waals surface area contributed by atoms with Crippen LogP contribution < -0.4 is 5.32 Å². The van der Waals surface area contributed by atoms with E-state index in [2.05, 4.69) is 29.3 Å². The van der Waals surface area contributed by atoms with E-state index in [-0.39, 0.29) is 0 Å². The predicted molar refractivity (Wildman–Crippen MR) is 85.9 cm³/mol. The van der Waals surface area contributed by atoms with Gasteiger partial charge in [0.2, 0.25) is 0 Å². The summed E-state index contributed by atoms with van der Waals surface area (Å²) in [6.07, 6.45) is 16.1. The minimum Gasteiger partial charge on any atom is -0.311 e. The molecule has 1 saturated carbocycles. The van der Waals surface area contributed by atoms with Crippen molar-refractivity contribution in [2.75, 3.05) is 19.6 Å². The highest BCUT2D eigenvalue weighted by Gasteiger charge is 2.31. The standard InChI is InChI=1S/C18H32N2/c1-15-12-19-18(17-10-6-3-7-11-17)14-20(15)13-16-8-4-2-5-9-16/h2,4,15-19H,3,5-14H2,1H3. The molecule has 1 heterocycles. The molecule has 3 aliphatic rings. The monoisotopic (exact) mass is 276 g/mol. The lowest BCUT2D eigenvalue weighted by Crippen LogP contribution is -2.58. The Balaban J connectivity index is 1.53. The second-order valence-electron chi connectivity index (χ2n) is 7.37. The first-order valence-electron chi connectivity index (χ1n) is 8.95. The molecular formula is C18H32N2. The van der Waals surface area contributed by atoms with Gasteiger partial charge in [0.1, 0.15) is 0 Å². The molecule has 0 aromatic rings. The normalized spacial score (nSPS) is 37.1. The minimum atomic E-state index is 0.723. The van der Waals surface area contributed by atoms with Crippen LogP contribution in [0.15, 0.2) is 12.2 Å². The predicted octanol–water partition coefficient (Wildman–Crippen LogP) is 3.59. The molecule has 0 radical (unpaired) electrons. The van der Waals surface area contributed by atoms with Gasteiger partial charge in [0.05, 0.1) is 0 Å². The number of hydrogen-bond acceptors (Lipinski definition) is 2. The van der Waals surface area contributed by atoms with E-state index in [0.717, 1.165) is 23.9 Å². The quantitative estimate of drug-likeness (QED) is 0.793. The van der Waals surface area contributed by atoms with Gasteiger partial charge in [-0.25, -0.2) is 0 Å². The first-order valence-corrected chi connectivity index (χ1v) is 8.95. The van der Waals surface area contributed by atoms with Gasteiger partial charge < -0.3 is 5.32 Å². The van der Waals surface area contributed by atoms with Crippen molar-refractivity contribution in [3.63, 3.8) is 0 Å². The summed E-state index contributed by atoms with van der Waals surface area (Å²) in [5, 5.41) is 3.85. The Bertz CT molecular complexity index is 319. The van der Waals surface area contributed by atoms with Crippen molar-refractivity contribution in [3.05, 3.63) is 12.2 Å². The van der Waals surface area contributed by atoms with E-state index in [4.69, 9.17) is 0 Å². The number of nitrogens with one attached hydrogen (secondary N) is 1. The third kappa shape index (κ3) is 3.65. The highest BCUT2D eigenvalue weighted by molar-refractivity contribution is 4.94. The third-order valence-electron chi connectivity index (χ3n) is 5.82. The second kappa shape index (κ2) is 7.09. The third-order valence-corrected chi connectivity index (χ3v) is 5.82. The zero-order chi connectivity index (χ0) is 13.8. The molecule has 3 rings (SSSR count). The number of rotatable bonds is 3. The molecule has 0 aromatic carbocycles. The molecule has 1 aliphatic heterocycles. The lowest BCUT2D eigenvalue weighted by atomic mass is 9.82. The highest BCUT2D eigenvalue weighted by atomic mass is 15.2. The Kier molecular flexibility index (Phi) is 5.17. The molecule has 3 unspecified atom stereocenters. The lowest BCUT2D eigenvalue weighted by Gasteiger charge is -2.44. The van der Waals surface area contributed by atoms with Crippen molar-refractivity contribution in [1.29, 1.82) is 0 Å². The maximum atomic E-state index is 3.85. The van der Waals surface area contributed by atoms with Gasteiger partial charge in [0, 0.05) is 31.7 Å². The average molecular weight is 276 g/mol.